The minimum atomic E-state index is -0.236. The maximum Gasteiger partial charge on any atom is 0.217 e. The summed E-state index contributed by atoms with van der Waals surface area (Å²) >= 11 is 0. The summed E-state index contributed by atoms with van der Waals surface area (Å²) in [6, 6.07) is 0. The Kier molecular flexibility index (Phi) is 4.11. The number of hydrogen-bond donors (Lipinski definition) is 2. The molecule has 1 unspecified atom stereocenters. The lowest BCUT2D eigenvalue weighted by atomic mass is 9.95. The van der Waals surface area contributed by atoms with E-state index in [1.807, 2.05) is 13.8 Å². The van der Waals surface area contributed by atoms with Gasteiger partial charge in [0, 0.05) is 19.1 Å². The Labute approximate surface area is 67.8 Å². The Balaban J connectivity index is 3.98. The smallest absolute Gasteiger partial charge is 0.217 e. The molecule has 2 N–H and O–H groups in total. The van der Waals surface area contributed by atoms with Crippen molar-refractivity contribution >= 4 is 5.91 Å². The third-order valence-electron chi connectivity index (χ3n) is 1.92. The van der Waals surface area contributed by atoms with Gasteiger partial charge < -0.3 is 10.4 Å². The van der Waals surface area contributed by atoms with Gasteiger partial charge in [0.2, 0.25) is 5.91 Å². The summed E-state index contributed by atoms with van der Waals surface area (Å²) in [6.45, 7) is 5.53. The maximum atomic E-state index is 10.7. The van der Waals surface area contributed by atoms with Crippen LogP contribution in [0.25, 0.3) is 0 Å². The Bertz CT molecular complexity index is 136. The maximum absolute atomic E-state index is 10.7. The molecule has 0 fully saturated rings. The first-order chi connectivity index (χ1) is 5.04. The SMILES string of the molecule is CCC(C)(CCO)NC(C)=O. The fraction of sp³-hybridized carbons (Fsp3) is 0.875. The minimum Gasteiger partial charge on any atom is -0.396 e. The summed E-state index contributed by atoms with van der Waals surface area (Å²) in [4.78, 5) is 10.7. The second-order valence-electron chi connectivity index (χ2n) is 3.07. The molecule has 3 heteroatoms. The molecule has 1 atom stereocenters. The zero-order chi connectivity index (χ0) is 8.91. The van der Waals surface area contributed by atoms with E-state index in [1.165, 1.54) is 6.92 Å². The third kappa shape index (κ3) is 3.98. The second kappa shape index (κ2) is 4.34. The molecule has 0 heterocycles. The quantitative estimate of drug-likeness (QED) is 0.633. The molecular formula is C8H17NO2. The largest absolute Gasteiger partial charge is 0.396 e. The average molecular weight is 159 g/mol. The molecule has 3 nitrogen and oxygen atoms in total. The molecule has 0 bridgehead atoms. The number of amides is 1. The van der Waals surface area contributed by atoms with Crippen LogP contribution in [0.1, 0.15) is 33.6 Å². The number of aliphatic hydroxyl groups is 1. The first-order valence-electron chi connectivity index (χ1n) is 3.93. The predicted octanol–water partition coefficient (Wildman–Crippen LogP) is 0.674. The van der Waals surface area contributed by atoms with Crippen LogP contribution in [0.15, 0.2) is 0 Å². The van der Waals surface area contributed by atoms with Crippen molar-refractivity contribution in [1.82, 2.24) is 5.32 Å². The molecule has 0 spiro atoms. The van der Waals surface area contributed by atoms with Crippen molar-refractivity contribution in [2.24, 2.45) is 0 Å². The van der Waals surface area contributed by atoms with Gasteiger partial charge in [-0.05, 0) is 19.8 Å². The summed E-state index contributed by atoms with van der Waals surface area (Å²) in [5.41, 5.74) is -0.236. The van der Waals surface area contributed by atoms with Gasteiger partial charge >= 0.3 is 0 Å². The second-order valence-corrected chi connectivity index (χ2v) is 3.07. The summed E-state index contributed by atoms with van der Waals surface area (Å²) in [7, 11) is 0. The van der Waals surface area contributed by atoms with Crippen molar-refractivity contribution in [3.05, 3.63) is 0 Å². The zero-order valence-electron chi connectivity index (χ0n) is 7.48. The van der Waals surface area contributed by atoms with E-state index in [0.29, 0.717) is 6.42 Å². The lowest BCUT2D eigenvalue weighted by Gasteiger charge is -2.28. The molecule has 0 aliphatic heterocycles. The Morgan fingerprint density at radius 2 is 2.18 bits per heavy atom. The molecule has 0 aliphatic rings. The number of hydrogen-bond acceptors (Lipinski definition) is 2. The van der Waals surface area contributed by atoms with Crippen LogP contribution in [0.2, 0.25) is 0 Å². The van der Waals surface area contributed by atoms with Crippen molar-refractivity contribution in [1.29, 1.82) is 0 Å². The van der Waals surface area contributed by atoms with Crippen LogP contribution < -0.4 is 5.32 Å². The summed E-state index contributed by atoms with van der Waals surface area (Å²) < 4.78 is 0. The van der Waals surface area contributed by atoms with Crippen LogP contribution in [0.4, 0.5) is 0 Å². The molecule has 0 aliphatic carbocycles. The molecule has 11 heavy (non-hydrogen) atoms. The summed E-state index contributed by atoms with van der Waals surface area (Å²) in [5.74, 6) is -0.0391. The first kappa shape index (κ1) is 10.4. The van der Waals surface area contributed by atoms with Crippen molar-refractivity contribution in [3.8, 4) is 0 Å². The van der Waals surface area contributed by atoms with Gasteiger partial charge in [-0.1, -0.05) is 6.92 Å². The van der Waals surface area contributed by atoms with Crippen LogP contribution >= 0.6 is 0 Å². The number of carbonyl (C=O) groups is 1. The van der Waals surface area contributed by atoms with Crippen molar-refractivity contribution in [3.63, 3.8) is 0 Å². The highest BCUT2D eigenvalue weighted by Gasteiger charge is 2.21. The highest BCUT2D eigenvalue weighted by Crippen LogP contribution is 2.12. The molecule has 0 aromatic rings. The van der Waals surface area contributed by atoms with Gasteiger partial charge in [0.25, 0.3) is 0 Å². The highest BCUT2D eigenvalue weighted by atomic mass is 16.3. The normalized spacial score (nSPS) is 15.6. The van der Waals surface area contributed by atoms with Crippen LogP contribution in [-0.2, 0) is 4.79 Å². The van der Waals surface area contributed by atoms with Gasteiger partial charge in [-0.25, -0.2) is 0 Å². The van der Waals surface area contributed by atoms with Gasteiger partial charge in [-0.3, -0.25) is 4.79 Å². The van der Waals surface area contributed by atoms with Crippen molar-refractivity contribution in [2.45, 2.75) is 39.2 Å². The number of carbonyl (C=O) groups excluding carboxylic acids is 1. The summed E-state index contributed by atoms with van der Waals surface area (Å²) in [6.07, 6.45) is 1.45. The number of rotatable bonds is 4. The molecule has 0 rings (SSSR count). The number of aliphatic hydroxyl groups excluding tert-OH is 1. The van der Waals surface area contributed by atoms with Gasteiger partial charge in [0.05, 0.1) is 0 Å². The Morgan fingerprint density at radius 3 is 2.45 bits per heavy atom. The van der Waals surface area contributed by atoms with E-state index in [2.05, 4.69) is 5.32 Å². The molecule has 1 amide bonds. The average Bonchev–Trinajstić information content (AvgIpc) is 1.87. The molecule has 0 saturated carbocycles. The fourth-order valence-electron chi connectivity index (χ4n) is 0.999. The fourth-order valence-corrected chi connectivity index (χ4v) is 0.999. The monoisotopic (exact) mass is 159 g/mol. The molecule has 0 aromatic carbocycles. The Morgan fingerprint density at radius 1 is 1.64 bits per heavy atom. The highest BCUT2D eigenvalue weighted by molar-refractivity contribution is 5.73. The van der Waals surface area contributed by atoms with Gasteiger partial charge in [-0.2, -0.15) is 0 Å². The number of nitrogens with one attached hydrogen (secondary N) is 1. The van der Waals surface area contributed by atoms with Crippen LogP contribution in [-0.4, -0.2) is 23.2 Å². The van der Waals surface area contributed by atoms with Crippen LogP contribution in [0, 0.1) is 0 Å². The van der Waals surface area contributed by atoms with Crippen molar-refractivity contribution in [2.75, 3.05) is 6.61 Å². The van der Waals surface area contributed by atoms with Crippen LogP contribution in [0.5, 0.6) is 0 Å². The van der Waals surface area contributed by atoms with Crippen LogP contribution in [0.3, 0.4) is 0 Å². The topological polar surface area (TPSA) is 49.3 Å². The molecule has 0 aromatic heterocycles. The van der Waals surface area contributed by atoms with E-state index in [0.717, 1.165) is 6.42 Å². The van der Waals surface area contributed by atoms with E-state index in [1.54, 1.807) is 0 Å². The predicted molar refractivity (Wildman–Crippen MR) is 44.2 cm³/mol. The summed E-state index contributed by atoms with van der Waals surface area (Å²) in [5, 5.41) is 11.5. The van der Waals surface area contributed by atoms with E-state index in [9.17, 15) is 4.79 Å². The standard InChI is InChI=1S/C8H17NO2/c1-4-8(3,5-6-10)9-7(2)11/h10H,4-6H2,1-3H3,(H,9,11). The third-order valence-corrected chi connectivity index (χ3v) is 1.92. The lowest BCUT2D eigenvalue weighted by Crippen LogP contribution is -2.45. The van der Waals surface area contributed by atoms with E-state index >= 15 is 0 Å². The van der Waals surface area contributed by atoms with Gasteiger partial charge in [0.1, 0.15) is 0 Å². The molecule has 0 radical (unpaired) electrons. The van der Waals surface area contributed by atoms with E-state index in [4.69, 9.17) is 5.11 Å². The van der Waals surface area contributed by atoms with E-state index in [-0.39, 0.29) is 18.1 Å². The molecule has 0 saturated heterocycles. The van der Waals surface area contributed by atoms with E-state index < -0.39 is 0 Å². The zero-order valence-corrected chi connectivity index (χ0v) is 7.48. The molecular weight excluding hydrogens is 142 g/mol. The Hall–Kier alpha value is -0.570. The minimum absolute atomic E-state index is 0.0391. The first-order valence-corrected chi connectivity index (χ1v) is 3.93. The van der Waals surface area contributed by atoms with Gasteiger partial charge in [0.15, 0.2) is 0 Å². The van der Waals surface area contributed by atoms with Gasteiger partial charge in [-0.15, -0.1) is 0 Å². The molecule has 66 valence electrons. The van der Waals surface area contributed by atoms with Crippen molar-refractivity contribution < 1.29 is 9.90 Å². The lowest BCUT2D eigenvalue weighted by molar-refractivity contribution is -0.120.